The summed E-state index contributed by atoms with van der Waals surface area (Å²) in [5.74, 6) is 0.353. The van der Waals surface area contributed by atoms with Crippen LogP contribution >= 0.6 is 0 Å². The molecule has 0 atom stereocenters. The second-order valence-corrected chi connectivity index (χ2v) is 2.95. The minimum atomic E-state index is -4.25. The average Bonchev–Trinajstić information content (AvgIpc) is 2.14. The standard InChI is InChI=1S/C8H11F3N4/c1-2-15(5-8(9,10)11)7-4-3-6(12)13-14-7/h3-4H,2,5H2,1H3,(H2,12,13). The lowest BCUT2D eigenvalue weighted by Gasteiger charge is -2.22. The molecule has 0 saturated carbocycles. The smallest absolute Gasteiger partial charge is 0.382 e. The number of hydrogen-bond acceptors (Lipinski definition) is 4. The SMILES string of the molecule is CCN(CC(F)(F)F)c1ccc(N)nn1. The minimum Gasteiger partial charge on any atom is -0.382 e. The lowest BCUT2D eigenvalue weighted by molar-refractivity contribution is -0.119. The summed E-state index contributed by atoms with van der Waals surface area (Å²) in [4.78, 5) is 1.08. The first-order valence-corrected chi connectivity index (χ1v) is 4.33. The van der Waals surface area contributed by atoms with Gasteiger partial charge in [0.1, 0.15) is 12.4 Å². The Labute approximate surface area is 84.9 Å². The Balaban J connectivity index is 2.79. The zero-order valence-electron chi connectivity index (χ0n) is 8.12. The predicted octanol–water partition coefficient (Wildman–Crippen LogP) is 1.45. The first-order valence-electron chi connectivity index (χ1n) is 4.33. The monoisotopic (exact) mass is 220 g/mol. The van der Waals surface area contributed by atoms with Crippen molar-refractivity contribution in [3.05, 3.63) is 12.1 Å². The Morgan fingerprint density at radius 3 is 2.40 bits per heavy atom. The molecular formula is C8H11F3N4. The van der Waals surface area contributed by atoms with E-state index in [0.717, 1.165) is 4.90 Å². The summed E-state index contributed by atoms with van der Waals surface area (Å²) in [5, 5.41) is 7.08. The van der Waals surface area contributed by atoms with E-state index in [0.29, 0.717) is 0 Å². The van der Waals surface area contributed by atoms with E-state index in [-0.39, 0.29) is 18.2 Å². The molecule has 0 aromatic carbocycles. The van der Waals surface area contributed by atoms with Crippen molar-refractivity contribution < 1.29 is 13.2 Å². The van der Waals surface area contributed by atoms with Crippen LogP contribution in [-0.4, -0.2) is 29.5 Å². The summed E-state index contributed by atoms with van der Waals surface area (Å²) in [6.07, 6.45) is -4.25. The van der Waals surface area contributed by atoms with Crippen molar-refractivity contribution in [3.63, 3.8) is 0 Å². The first-order chi connectivity index (χ1) is 6.92. The van der Waals surface area contributed by atoms with Gasteiger partial charge in [-0.3, -0.25) is 0 Å². The molecule has 84 valence electrons. The van der Waals surface area contributed by atoms with Gasteiger partial charge >= 0.3 is 6.18 Å². The van der Waals surface area contributed by atoms with Crippen molar-refractivity contribution in [2.45, 2.75) is 13.1 Å². The van der Waals surface area contributed by atoms with Gasteiger partial charge in [0.25, 0.3) is 0 Å². The molecule has 1 rings (SSSR count). The number of halogens is 3. The van der Waals surface area contributed by atoms with E-state index < -0.39 is 12.7 Å². The van der Waals surface area contributed by atoms with E-state index in [9.17, 15) is 13.2 Å². The summed E-state index contributed by atoms with van der Waals surface area (Å²) in [7, 11) is 0. The first kappa shape index (κ1) is 11.5. The van der Waals surface area contributed by atoms with Crippen molar-refractivity contribution in [2.24, 2.45) is 0 Å². The van der Waals surface area contributed by atoms with Gasteiger partial charge in [-0.1, -0.05) is 0 Å². The van der Waals surface area contributed by atoms with Crippen LogP contribution in [-0.2, 0) is 0 Å². The van der Waals surface area contributed by atoms with Crippen molar-refractivity contribution in [1.82, 2.24) is 10.2 Å². The second-order valence-electron chi connectivity index (χ2n) is 2.95. The summed E-state index contributed by atoms with van der Waals surface area (Å²) >= 11 is 0. The fourth-order valence-electron chi connectivity index (χ4n) is 1.08. The minimum absolute atomic E-state index is 0.170. The molecule has 1 aromatic heterocycles. The number of nitrogen functional groups attached to an aromatic ring is 1. The van der Waals surface area contributed by atoms with Crippen LogP contribution in [0.3, 0.4) is 0 Å². The number of nitrogens with two attached hydrogens (primary N) is 1. The average molecular weight is 220 g/mol. The molecule has 7 heteroatoms. The second kappa shape index (κ2) is 4.33. The summed E-state index contributed by atoms with van der Waals surface area (Å²) < 4.78 is 36.4. The van der Waals surface area contributed by atoms with Crippen LogP contribution in [0.4, 0.5) is 24.8 Å². The Morgan fingerprint density at radius 2 is 2.00 bits per heavy atom. The number of rotatable bonds is 3. The van der Waals surface area contributed by atoms with Crippen molar-refractivity contribution in [2.75, 3.05) is 23.7 Å². The maximum atomic E-state index is 12.1. The highest BCUT2D eigenvalue weighted by Gasteiger charge is 2.30. The molecule has 0 spiro atoms. The van der Waals surface area contributed by atoms with Gasteiger partial charge in [0.05, 0.1) is 0 Å². The molecular weight excluding hydrogens is 209 g/mol. The zero-order chi connectivity index (χ0) is 11.5. The number of anilines is 2. The van der Waals surface area contributed by atoms with E-state index in [4.69, 9.17) is 5.73 Å². The van der Waals surface area contributed by atoms with Crippen LogP contribution in [0.25, 0.3) is 0 Å². The van der Waals surface area contributed by atoms with E-state index in [1.54, 1.807) is 6.92 Å². The zero-order valence-corrected chi connectivity index (χ0v) is 8.12. The van der Waals surface area contributed by atoms with E-state index >= 15 is 0 Å². The molecule has 0 fully saturated rings. The molecule has 4 nitrogen and oxygen atoms in total. The fraction of sp³-hybridized carbons (Fsp3) is 0.500. The quantitative estimate of drug-likeness (QED) is 0.837. The number of hydrogen-bond donors (Lipinski definition) is 1. The predicted molar refractivity (Wildman–Crippen MR) is 50.4 cm³/mol. The van der Waals surface area contributed by atoms with Crippen molar-refractivity contribution in [1.29, 1.82) is 0 Å². The molecule has 0 aliphatic carbocycles. The van der Waals surface area contributed by atoms with Crippen molar-refractivity contribution in [3.8, 4) is 0 Å². The topological polar surface area (TPSA) is 55.0 Å². The van der Waals surface area contributed by atoms with Crippen LogP contribution < -0.4 is 10.6 Å². The lowest BCUT2D eigenvalue weighted by atomic mass is 10.4. The van der Waals surface area contributed by atoms with Crippen LogP contribution in [0, 0.1) is 0 Å². The largest absolute Gasteiger partial charge is 0.405 e. The number of nitrogens with zero attached hydrogens (tertiary/aromatic N) is 3. The van der Waals surface area contributed by atoms with Crippen LogP contribution in [0.2, 0.25) is 0 Å². The van der Waals surface area contributed by atoms with E-state index in [1.807, 2.05) is 0 Å². The van der Waals surface area contributed by atoms with Gasteiger partial charge in [0.15, 0.2) is 5.82 Å². The lowest BCUT2D eigenvalue weighted by Crippen LogP contribution is -2.34. The van der Waals surface area contributed by atoms with Crippen LogP contribution in [0.15, 0.2) is 12.1 Å². The van der Waals surface area contributed by atoms with Gasteiger partial charge < -0.3 is 10.6 Å². The maximum Gasteiger partial charge on any atom is 0.405 e. The third-order valence-corrected chi connectivity index (χ3v) is 1.75. The Bertz CT molecular complexity index is 309. The van der Waals surface area contributed by atoms with Gasteiger partial charge in [-0.05, 0) is 19.1 Å². The van der Waals surface area contributed by atoms with Gasteiger partial charge in [-0.2, -0.15) is 13.2 Å². The summed E-state index contributed by atoms with van der Waals surface area (Å²) in [6.45, 7) is 0.782. The molecule has 0 unspecified atom stereocenters. The highest BCUT2D eigenvalue weighted by molar-refractivity contribution is 5.41. The third kappa shape index (κ3) is 3.61. The van der Waals surface area contributed by atoms with Gasteiger partial charge in [-0.25, -0.2) is 0 Å². The highest BCUT2D eigenvalue weighted by atomic mass is 19.4. The number of aromatic nitrogens is 2. The Kier molecular flexibility index (Phi) is 3.33. The highest BCUT2D eigenvalue weighted by Crippen LogP contribution is 2.20. The van der Waals surface area contributed by atoms with E-state index in [1.165, 1.54) is 12.1 Å². The van der Waals surface area contributed by atoms with E-state index in [2.05, 4.69) is 10.2 Å². The maximum absolute atomic E-state index is 12.1. The van der Waals surface area contributed by atoms with Crippen LogP contribution in [0.5, 0.6) is 0 Å². The summed E-state index contributed by atoms with van der Waals surface area (Å²) in [5.41, 5.74) is 5.28. The number of alkyl halides is 3. The molecule has 0 aliphatic rings. The molecule has 15 heavy (non-hydrogen) atoms. The Morgan fingerprint density at radius 1 is 1.33 bits per heavy atom. The van der Waals surface area contributed by atoms with Gasteiger partial charge in [-0.15, -0.1) is 10.2 Å². The molecule has 0 bridgehead atoms. The van der Waals surface area contributed by atoms with Gasteiger partial charge in [0, 0.05) is 6.54 Å². The molecule has 2 N–H and O–H groups in total. The third-order valence-electron chi connectivity index (χ3n) is 1.75. The molecule has 0 amide bonds. The fourth-order valence-corrected chi connectivity index (χ4v) is 1.08. The summed E-state index contributed by atoms with van der Waals surface area (Å²) in [6, 6.07) is 2.83. The molecule has 1 heterocycles. The molecule has 0 aliphatic heterocycles. The van der Waals surface area contributed by atoms with Crippen LogP contribution in [0.1, 0.15) is 6.92 Å². The van der Waals surface area contributed by atoms with Gasteiger partial charge in [0.2, 0.25) is 0 Å². The molecule has 0 saturated heterocycles. The molecule has 0 radical (unpaired) electrons. The normalized spacial score (nSPS) is 11.5. The van der Waals surface area contributed by atoms with Crippen molar-refractivity contribution >= 4 is 11.6 Å². The molecule has 1 aromatic rings. The Hall–Kier alpha value is -1.53.